The van der Waals surface area contributed by atoms with Gasteiger partial charge in [-0.1, -0.05) is 13.0 Å². The van der Waals surface area contributed by atoms with Crippen LogP contribution in [0.5, 0.6) is 0 Å². The van der Waals surface area contributed by atoms with Crippen molar-refractivity contribution in [3.8, 4) is 0 Å². The van der Waals surface area contributed by atoms with Gasteiger partial charge in [0.25, 0.3) is 0 Å². The Kier molecular flexibility index (Phi) is 4.08. The molecule has 3 rings (SSSR count). The molecule has 0 saturated heterocycles. The average Bonchev–Trinajstić information content (AvgIpc) is 2.90. The van der Waals surface area contributed by atoms with Crippen molar-refractivity contribution in [3.05, 3.63) is 52.7 Å². The standard InChI is InChI=1S/C16H19ClN2O/c1-2-18-15(13-8-10-20-16(13)17)12-7-3-5-11-6-4-9-19-14(11)12/h4,6,8-10,12,15,18H,2-3,5,7H2,1H3. The van der Waals surface area contributed by atoms with Gasteiger partial charge in [0.2, 0.25) is 0 Å². The number of aryl methyl sites for hydroxylation is 1. The second-order valence-corrected chi connectivity index (χ2v) is 5.57. The van der Waals surface area contributed by atoms with Crippen molar-refractivity contribution in [2.24, 2.45) is 0 Å². The van der Waals surface area contributed by atoms with Gasteiger partial charge in [0.05, 0.1) is 6.26 Å². The summed E-state index contributed by atoms with van der Waals surface area (Å²) in [7, 11) is 0. The molecule has 2 unspecified atom stereocenters. The number of nitrogens with one attached hydrogen (secondary N) is 1. The molecule has 0 bridgehead atoms. The number of rotatable bonds is 4. The van der Waals surface area contributed by atoms with Crippen molar-refractivity contribution >= 4 is 11.6 Å². The predicted molar refractivity (Wildman–Crippen MR) is 80.1 cm³/mol. The van der Waals surface area contributed by atoms with E-state index in [1.165, 1.54) is 17.7 Å². The lowest BCUT2D eigenvalue weighted by Gasteiger charge is -2.31. The lowest BCUT2D eigenvalue weighted by Crippen LogP contribution is -2.29. The molecule has 0 aliphatic heterocycles. The molecule has 0 amide bonds. The van der Waals surface area contributed by atoms with Crippen molar-refractivity contribution in [1.29, 1.82) is 0 Å². The maximum absolute atomic E-state index is 6.19. The van der Waals surface area contributed by atoms with E-state index in [0.717, 1.165) is 24.9 Å². The smallest absolute Gasteiger partial charge is 0.197 e. The molecule has 4 heteroatoms. The van der Waals surface area contributed by atoms with E-state index < -0.39 is 0 Å². The molecular weight excluding hydrogens is 272 g/mol. The van der Waals surface area contributed by atoms with Gasteiger partial charge in [0.15, 0.2) is 5.22 Å². The summed E-state index contributed by atoms with van der Waals surface area (Å²) in [6, 6.07) is 6.34. The first-order chi connectivity index (χ1) is 9.81. The average molecular weight is 291 g/mol. The minimum absolute atomic E-state index is 0.167. The summed E-state index contributed by atoms with van der Waals surface area (Å²) in [6.45, 7) is 3.01. The first-order valence-corrected chi connectivity index (χ1v) is 7.59. The molecule has 0 radical (unpaired) electrons. The largest absolute Gasteiger partial charge is 0.453 e. The minimum atomic E-state index is 0.167. The highest BCUT2D eigenvalue weighted by Gasteiger charge is 2.31. The Hall–Kier alpha value is -1.32. The Morgan fingerprint density at radius 3 is 3.15 bits per heavy atom. The zero-order valence-corrected chi connectivity index (χ0v) is 12.4. The molecule has 0 fully saturated rings. The number of likely N-dealkylation sites (N-methyl/N-ethyl adjacent to an activating group) is 1. The van der Waals surface area contributed by atoms with Gasteiger partial charge < -0.3 is 9.73 Å². The van der Waals surface area contributed by atoms with E-state index in [4.69, 9.17) is 16.0 Å². The monoisotopic (exact) mass is 290 g/mol. The van der Waals surface area contributed by atoms with E-state index >= 15 is 0 Å². The van der Waals surface area contributed by atoms with Gasteiger partial charge in [-0.05, 0) is 55.1 Å². The number of nitrogens with zero attached hydrogens (tertiary/aromatic N) is 1. The second-order valence-electron chi connectivity index (χ2n) is 5.23. The molecule has 0 aromatic carbocycles. The summed E-state index contributed by atoms with van der Waals surface area (Å²) in [5.41, 5.74) is 3.62. The van der Waals surface area contributed by atoms with Gasteiger partial charge >= 0.3 is 0 Å². The molecule has 1 aliphatic rings. The molecule has 20 heavy (non-hydrogen) atoms. The quantitative estimate of drug-likeness (QED) is 0.921. The van der Waals surface area contributed by atoms with Crippen LogP contribution in [0.4, 0.5) is 0 Å². The summed E-state index contributed by atoms with van der Waals surface area (Å²) in [6.07, 6.45) is 6.99. The fourth-order valence-electron chi connectivity index (χ4n) is 3.19. The highest BCUT2D eigenvalue weighted by molar-refractivity contribution is 6.29. The first-order valence-electron chi connectivity index (χ1n) is 7.21. The third-order valence-corrected chi connectivity index (χ3v) is 4.35. The molecule has 2 aromatic rings. The van der Waals surface area contributed by atoms with Gasteiger partial charge in [-0.25, -0.2) is 0 Å². The third kappa shape index (κ3) is 2.48. The summed E-state index contributed by atoms with van der Waals surface area (Å²) in [5.74, 6) is 0.356. The number of furan rings is 1. The number of halogens is 1. The molecule has 1 aliphatic carbocycles. The summed E-state index contributed by atoms with van der Waals surface area (Å²) in [5, 5.41) is 4.04. The fourth-order valence-corrected chi connectivity index (χ4v) is 3.42. The van der Waals surface area contributed by atoms with Crippen LogP contribution in [0.2, 0.25) is 5.22 Å². The summed E-state index contributed by atoms with van der Waals surface area (Å²) < 4.78 is 5.28. The Morgan fingerprint density at radius 1 is 1.50 bits per heavy atom. The zero-order chi connectivity index (χ0) is 13.9. The van der Waals surface area contributed by atoms with Crippen molar-refractivity contribution in [2.45, 2.75) is 38.1 Å². The zero-order valence-electron chi connectivity index (χ0n) is 11.6. The third-order valence-electron chi connectivity index (χ3n) is 4.05. The molecular formula is C16H19ClN2O. The van der Waals surface area contributed by atoms with Gasteiger partial charge in [-0.3, -0.25) is 4.98 Å². The maximum atomic E-state index is 6.19. The van der Waals surface area contributed by atoms with Crippen LogP contribution in [0, 0.1) is 0 Å². The van der Waals surface area contributed by atoms with Gasteiger partial charge in [0, 0.05) is 29.4 Å². The van der Waals surface area contributed by atoms with E-state index in [0.29, 0.717) is 11.1 Å². The van der Waals surface area contributed by atoms with Crippen LogP contribution in [-0.2, 0) is 6.42 Å². The fraction of sp³-hybridized carbons (Fsp3) is 0.438. The Morgan fingerprint density at radius 2 is 2.40 bits per heavy atom. The van der Waals surface area contributed by atoms with Crippen LogP contribution in [0.1, 0.15) is 48.5 Å². The SMILES string of the molecule is CCNC(c1ccoc1Cl)C1CCCc2cccnc21. The number of pyridine rings is 1. The molecule has 0 spiro atoms. The van der Waals surface area contributed by atoms with E-state index in [9.17, 15) is 0 Å². The Balaban J connectivity index is 1.99. The normalized spacial score (nSPS) is 19.6. The van der Waals surface area contributed by atoms with E-state index in [1.54, 1.807) is 6.26 Å². The molecule has 1 N–H and O–H groups in total. The van der Waals surface area contributed by atoms with Crippen LogP contribution in [-0.4, -0.2) is 11.5 Å². The lowest BCUT2D eigenvalue weighted by molar-refractivity contribution is 0.397. The number of hydrogen-bond acceptors (Lipinski definition) is 3. The van der Waals surface area contributed by atoms with Crippen molar-refractivity contribution < 1.29 is 4.42 Å². The predicted octanol–water partition coefficient (Wildman–Crippen LogP) is 4.10. The minimum Gasteiger partial charge on any atom is -0.453 e. The lowest BCUT2D eigenvalue weighted by atomic mass is 9.80. The van der Waals surface area contributed by atoms with Crippen molar-refractivity contribution in [3.63, 3.8) is 0 Å². The van der Waals surface area contributed by atoms with Crippen LogP contribution in [0.15, 0.2) is 35.1 Å². The maximum Gasteiger partial charge on any atom is 0.197 e. The summed E-state index contributed by atoms with van der Waals surface area (Å²) in [4.78, 5) is 4.63. The van der Waals surface area contributed by atoms with Gasteiger partial charge in [0.1, 0.15) is 0 Å². The molecule has 106 valence electrons. The first kappa shape index (κ1) is 13.7. The second kappa shape index (κ2) is 5.98. The van der Waals surface area contributed by atoms with E-state index in [1.807, 2.05) is 18.3 Å². The van der Waals surface area contributed by atoms with E-state index in [2.05, 4.69) is 23.3 Å². The van der Waals surface area contributed by atoms with Gasteiger partial charge in [-0.2, -0.15) is 0 Å². The van der Waals surface area contributed by atoms with E-state index in [-0.39, 0.29) is 6.04 Å². The Labute approximate surface area is 124 Å². The molecule has 2 aromatic heterocycles. The van der Waals surface area contributed by atoms with Crippen molar-refractivity contribution in [2.75, 3.05) is 6.54 Å². The Bertz CT molecular complexity index is 581. The van der Waals surface area contributed by atoms with Crippen LogP contribution in [0.25, 0.3) is 0 Å². The van der Waals surface area contributed by atoms with Crippen LogP contribution < -0.4 is 5.32 Å². The van der Waals surface area contributed by atoms with Gasteiger partial charge in [-0.15, -0.1) is 0 Å². The topological polar surface area (TPSA) is 38.1 Å². The number of aromatic nitrogens is 1. The van der Waals surface area contributed by atoms with Crippen LogP contribution >= 0.6 is 11.6 Å². The highest BCUT2D eigenvalue weighted by atomic mass is 35.5. The van der Waals surface area contributed by atoms with Crippen LogP contribution in [0.3, 0.4) is 0 Å². The van der Waals surface area contributed by atoms with Crippen molar-refractivity contribution in [1.82, 2.24) is 10.3 Å². The molecule has 2 heterocycles. The number of fused-ring (bicyclic) bond motifs is 1. The number of hydrogen-bond donors (Lipinski definition) is 1. The molecule has 0 saturated carbocycles. The molecule has 2 atom stereocenters. The summed E-state index contributed by atoms with van der Waals surface area (Å²) >= 11 is 6.19. The highest BCUT2D eigenvalue weighted by Crippen LogP contribution is 2.41. The molecule has 3 nitrogen and oxygen atoms in total.